The Bertz CT molecular complexity index is 947. The second kappa shape index (κ2) is 7.25. The molecule has 0 unspecified atom stereocenters. The van der Waals surface area contributed by atoms with Crippen LogP contribution in [0, 0.1) is 0 Å². The SMILES string of the molecule is CC(C)Oc1ccc(S(=O)(=O)NCCc2ncc3ccccn23)cc1. The van der Waals surface area contributed by atoms with Crippen molar-refractivity contribution in [2.45, 2.75) is 31.3 Å². The highest BCUT2D eigenvalue weighted by Gasteiger charge is 2.14. The number of hydrogen-bond donors (Lipinski definition) is 1. The van der Waals surface area contributed by atoms with Gasteiger partial charge in [-0.05, 0) is 50.2 Å². The Morgan fingerprint density at radius 1 is 1.16 bits per heavy atom. The Hall–Kier alpha value is -2.38. The van der Waals surface area contributed by atoms with Gasteiger partial charge in [-0.1, -0.05) is 6.07 Å². The van der Waals surface area contributed by atoms with Gasteiger partial charge in [0.2, 0.25) is 10.0 Å². The number of nitrogens with one attached hydrogen (secondary N) is 1. The summed E-state index contributed by atoms with van der Waals surface area (Å²) in [5, 5.41) is 0. The first-order chi connectivity index (χ1) is 12.0. The number of pyridine rings is 1. The summed E-state index contributed by atoms with van der Waals surface area (Å²) in [4.78, 5) is 4.56. The fourth-order valence-electron chi connectivity index (χ4n) is 2.53. The van der Waals surface area contributed by atoms with E-state index in [9.17, 15) is 8.42 Å². The highest BCUT2D eigenvalue weighted by atomic mass is 32.2. The van der Waals surface area contributed by atoms with E-state index in [1.165, 1.54) is 0 Å². The summed E-state index contributed by atoms with van der Waals surface area (Å²) in [6.45, 7) is 4.12. The van der Waals surface area contributed by atoms with Crippen molar-refractivity contribution >= 4 is 15.5 Å². The molecular formula is C18H21N3O3S. The van der Waals surface area contributed by atoms with E-state index >= 15 is 0 Å². The van der Waals surface area contributed by atoms with E-state index in [2.05, 4.69) is 9.71 Å². The van der Waals surface area contributed by atoms with Crippen molar-refractivity contribution in [2.24, 2.45) is 0 Å². The van der Waals surface area contributed by atoms with Gasteiger partial charge in [-0.25, -0.2) is 18.1 Å². The summed E-state index contributed by atoms with van der Waals surface area (Å²) >= 11 is 0. The van der Waals surface area contributed by atoms with E-state index in [4.69, 9.17) is 4.74 Å². The maximum absolute atomic E-state index is 12.4. The summed E-state index contributed by atoms with van der Waals surface area (Å²) in [5.41, 5.74) is 0.987. The smallest absolute Gasteiger partial charge is 0.240 e. The zero-order valence-corrected chi connectivity index (χ0v) is 15.0. The van der Waals surface area contributed by atoms with Gasteiger partial charge in [0.1, 0.15) is 11.6 Å². The van der Waals surface area contributed by atoms with Gasteiger partial charge in [-0.3, -0.25) is 0 Å². The fraction of sp³-hybridized carbons (Fsp3) is 0.278. The van der Waals surface area contributed by atoms with Crippen LogP contribution in [0.15, 0.2) is 59.8 Å². The molecule has 0 radical (unpaired) electrons. The van der Waals surface area contributed by atoms with Gasteiger partial charge in [-0.2, -0.15) is 0 Å². The summed E-state index contributed by atoms with van der Waals surface area (Å²) in [6, 6.07) is 12.2. The highest BCUT2D eigenvalue weighted by molar-refractivity contribution is 7.89. The minimum Gasteiger partial charge on any atom is -0.491 e. The third-order valence-corrected chi connectivity index (χ3v) is 5.14. The molecule has 0 saturated carbocycles. The van der Waals surface area contributed by atoms with Crippen LogP contribution in [0.3, 0.4) is 0 Å². The number of sulfonamides is 1. The molecule has 132 valence electrons. The summed E-state index contributed by atoms with van der Waals surface area (Å²) in [7, 11) is -3.55. The largest absolute Gasteiger partial charge is 0.491 e. The van der Waals surface area contributed by atoms with Crippen LogP contribution in [0.1, 0.15) is 19.7 Å². The Balaban J connectivity index is 1.63. The molecule has 0 aliphatic carbocycles. The van der Waals surface area contributed by atoms with E-state index in [0.29, 0.717) is 12.2 Å². The molecule has 25 heavy (non-hydrogen) atoms. The number of nitrogens with zero attached hydrogens (tertiary/aromatic N) is 2. The Kier molecular flexibility index (Phi) is 5.06. The van der Waals surface area contributed by atoms with Gasteiger partial charge in [-0.15, -0.1) is 0 Å². The molecule has 0 spiro atoms. The van der Waals surface area contributed by atoms with Crippen LogP contribution in [0.25, 0.3) is 5.52 Å². The van der Waals surface area contributed by atoms with Crippen LogP contribution in [0.2, 0.25) is 0 Å². The molecule has 3 aromatic rings. The average Bonchev–Trinajstić information content (AvgIpc) is 2.98. The van der Waals surface area contributed by atoms with Crippen molar-refractivity contribution in [2.75, 3.05) is 6.54 Å². The zero-order chi connectivity index (χ0) is 17.9. The van der Waals surface area contributed by atoms with E-state index in [0.717, 1.165) is 11.3 Å². The van der Waals surface area contributed by atoms with Gasteiger partial charge >= 0.3 is 0 Å². The summed E-state index contributed by atoms with van der Waals surface area (Å²) in [5.74, 6) is 1.47. The first-order valence-corrected chi connectivity index (χ1v) is 9.61. The lowest BCUT2D eigenvalue weighted by molar-refractivity contribution is 0.242. The van der Waals surface area contributed by atoms with Gasteiger partial charge in [0.05, 0.1) is 22.7 Å². The van der Waals surface area contributed by atoms with Crippen LogP contribution >= 0.6 is 0 Å². The molecule has 0 aliphatic rings. The normalized spacial score (nSPS) is 12.0. The minimum absolute atomic E-state index is 0.0463. The lowest BCUT2D eigenvalue weighted by Crippen LogP contribution is -2.26. The maximum Gasteiger partial charge on any atom is 0.240 e. The second-order valence-electron chi connectivity index (χ2n) is 5.96. The number of fused-ring (bicyclic) bond motifs is 1. The minimum atomic E-state index is -3.55. The molecule has 2 aromatic heterocycles. The van der Waals surface area contributed by atoms with E-state index < -0.39 is 10.0 Å². The van der Waals surface area contributed by atoms with Crippen LogP contribution in [0.5, 0.6) is 5.75 Å². The molecule has 6 nitrogen and oxygen atoms in total. The molecule has 0 bridgehead atoms. The predicted molar refractivity (Wildman–Crippen MR) is 96.3 cm³/mol. The van der Waals surface area contributed by atoms with Crippen molar-refractivity contribution in [1.29, 1.82) is 0 Å². The Labute approximate surface area is 147 Å². The molecule has 0 atom stereocenters. The quantitative estimate of drug-likeness (QED) is 0.704. The zero-order valence-electron chi connectivity index (χ0n) is 14.2. The third-order valence-electron chi connectivity index (χ3n) is 3.66. The first-order valence-electron chi connectivity index (χ1n) is 8.13. The van der Waals surface area contributed by atoms with Gasteiger partial charge < -0.3 is 9.14 Å². The molecule has 7 heteroatoms. The number of imidazole rings is 1. The van der Waals surface area contributed by atoms with Crippen molar-refractivity contribution < 1.29 is 13.2 Å². The van der Waals surface area contributed by atoms with E-state index in [-0.39, 0.29) is 17.5 Å². The highest BCUT2D eigenvalue weighted by Crippen LogP contribution is 2.17. The van der Waals surface area contributed by atoms with Crippen molar-refractivity contribution in [3.05, 3.63) is 60.7 Å². The van der Waals surface area contributed by atoms with Crippen LogP contribution in [-0.2, 0) is 16.4 Å². The fourth-order valence-corrected chi connectivity index (χ4v) is 3.57. The Morgan fingerprint density at radius 2 is 1.92 bits per heavy atom. The lowest BCUT2D eigenvalue weighted by Gasteiger charge is -2.11. The molecule has 0 aliphatic heterocycles. The van der Waals surface area contributed by atoms with E-state index in [1.54, 1.807) is 30.5 Å². The molecule has 3 rings (SSSR count). The number of rotatable bonds is 7. The van der Waals surface area contributed by atoms with Crippen LogP contribution in [-0.4, -0.2) is 30.5 Å². The second-order valence-corrected chi connectivity index (χ2v) is 7.72. The number of aromatic nitrogens is 2. The van der Waals surface area contributed by atoms with Crippen molar-refractivity contribution in [3.63, 3.8) is 0 Å². The Morgan fingerprint density at radius 3 is 2.64 bits per heavy atom. The van der Waals surface area contributed by atoms with Crippen molar-refractivity contribution in [3.8, 4) is 5.75 Å². The summed E-state index contributed by atoms with van der Waals surface area (Å²) in [6.07, 6.45) is 4.24. The monoisotopic (exact) mass is 359 g/mol. The van der Waals surface area contributed by atoms with Gasteiger partial charge in [0, 0.05) is 19.2 Å². The van der Waals surface area contributed by atoms with Gasteiger partial charge in [0.15, 0.2) is 0 Å². The molecule has 0 amide bonds. The third kappa shape index (κ3) is 4.18. The molecular weight excluding hydrogens is 338 g/mol. The molecule has 0 fully saturated rings. The number of benzene rings is 1. The summed E-state index contributed by atoms with van der Waals surface area (Å²) < 4.78 is 34.9. The average molecular weight is 359 g/mol. The number of hydrogen-bond acceptors (Lipinski definition) is 4. The predicted octanol–water partition coefficient (Wildman–Crippen LogP) is 2.64. The molecule has 1 aromatic carbocycles. The standard InChI is InChI=1S/C18H21N3O3S/c1-14(2)24-16-6-8-17(9-7-16)25(22,23)20-11-10-18-19-13-15-5-3-4-12-21(15)18/h3-9,12-14,20H,10-11H2,1-2H3. The van der Waals surface area contributed by atoms with Crippen LogP contribution < -0.4 is 9.46 Å². The van der Waals surface area contributed by atoms with Gasteiger partial charge in [0.25, 0.3) is 0 Å². The van der Waals surface area contributed by atoms with Crippen LogP contribution in [0.4, 0.5) is 0 Å². The molecule has 1 N–H and O–H groups in total. The van der Waals surface area contributed by atoms with E-state index in [1.807, 2.05) is 42.6 Å². The topological polar surface area (TPSA) is 72.7 Å². The molecule has 0 saturated heterocycles. The maximum atomic E-state index is 12.4. The molecule has 2 heterocycles. The number of ether oxygens (including phenoxy) is 1. The first kappa shape index (κ1) is 17.4. The lowest BCUT2D eigenvalue weighted by atomic mass is 10.3. The van der Waals surface area contributed by atoms with Crippen molar-refractivity contribution in [1.82, 2.24) is 14.1 Å².